The summed E-state index contributed by atoms with van der Waals surface area (Å²) < 4.78 is 7.95. The fourth-order valence-electron chi connectivity index (χ4n) is 1.79. The van der Waals surface area contributed by atoms with Gasteiger partial charge in [-0.25, -0.2) is 9.97 Å². The number of para-hydroxylation sites is 1. The number of benzene rings is 2. The van der Waals surface area contributed by atoms with E-state index in [9.17, 15) is 0 Å². The average molecular weight is 242 g/mol. The van der Waals surface area contributed by atoms with Crippen molar-refractivity contribution < 1.29 is 1.37 Å². The molecule has 0 N–H and O–H groups in total. The third-order valence-electron chi connectivity index (χ3n) is 2.54. The molecule has 0 saturated carbocycles. The van der Waals surface area contributed by atoms with Crippen molar-refractivity contribution in [2.45, 2.75) is 0 Å². The lowest BCUT2D eigenvalue weighted by molar-refractivity contribution is 1.22. The van der Waals surface area contributed by atoms with Gasteiger partial charge < -0.3 is 0 Å². The Hall–Kier alpha value is -1.93. The molecule has 0 bridgehead atoms. The van der Waals surface area contributed by atoms with Gasteiger partial charge >= 0.3 is 0 Å². The highest BCUT2D eigenvalue weighted by molar-refractivity contribution is 6.28. The second-order valence-corrected chi connectivity index (χ2v) is 3.97. The van der Waals surface area contributed by atoms with Crippen LogP contribution in [0.25, 0.3) is 22.2 Å². The van der Waals surface area contributed by atoms with Crippen LogP contribution in [0, 0.1) is 0 Å². The molecule has 0 radical (unpaired) electrons. The molecule has 3 rings (SSSR count). The quantitative estimate of drug-likeness (QED) is 0.603. The Balaban J connectivity index is 2.39. The molecule has 82 valence electrons. The van der Waals surface area contributed by atoms with Crippen molar-refractivity contribution in [3.05, 3.63) is 59.9 Å². The summed E-state index contributed by atoms with van der Waals surface area (Å²) in [6.45, 7) is 0. The van der Waals surface area contributed by atoms with Crippen LogP contribution in [0.3, 0.4) is 0 Å². The molecule has 0 atom stereocenters. The second-order valence-electron chi connectivity index (χ2n) is 3.63. The Labute approximate surface area is 105 Å². The predicted octanol–water partition coefficient (Wildman–Crippen LogP) is 3.95. The monoisotopic (exact) mass is 241 g/mol. The van der Waals surface area contributed by atoms with Crippen molar-refractivity contribution in [1.82, 2.24) is 9.97 Å². The number of nitrogens with zero attached hydrogens (tertiary/aromatic N) is 2. The Morgan fingerprint density at radius 2 is 1.76 bits per heavy atom. The van der Waals surface area contributed by atoms with E-state index in [1.54, 1.807) is 6.07 Å². The van der Waals surface area contributed by atoms with E-state index in [1.165, 1.54) is 0 Å². The van der Waals surface area contributed by atoms with Crippen molar-refractivity contribution in [3.63, 3.8) is 0 Å². The van der Waals surface area contributed by atoms with E-state index >= 15 is 0 Å². The van der Waals surface area contributed by atoms with Gasteiger partial charge in [0.2, 0.25) is 5.28 Å². The maximum atomic E-state index is 7.95. The first-order valence-corrected chi connectivity index (χ1v) is 5.62. The normalized spacial score (nSPS) is 11.5. The van der Waals surface area contributed by atoms with E-state index in [4.69, 9.17) is 13.0 Å². The molecule has 0 aliphatic rings. The Morgan fingerprint density at radius 3 is 2.65 bits per heavy atom. The molecule has 1 aromatic heterocycles. The van der Waals surface area contributed by atoms with Gasteiger partial charge in [0.05, 0.1) is 12.6 Å². The van der Waals surface area contributed by atoms with Crippen molar-refractivity contribution in [2.75, 3.05) is 0 Å². The number of fused-ring (bicyclic) bond motifs is 1. The second kappa shape index (κ2) is 4.15. The summed E-state index contributed by atoms with van der Waals surface area (Å²) in [7, 11) is 0. The Bertz CT molecular complexity index is 728. The first kappa shape index (κ1) is 9.14. The molecule has 0 fully saturated rings. The SMILES string of the molecule is [2H]c1ccccc1-c1nc(Cl)nc2ccccc12. The van der Waals surface area contributed by atoms with Crippen molar-refractivity contribution in [3.8, 4) is 11.3 Å². The molecule has 0 saturated heterocycles. The molecule has 3 aromatic rings. The van der Waals surface area contributed by atoms with Crippen LogP contribution < -0.4 is 0 Å². The van der Waals surface area contributed by atoms with Crippen LogP contribution in [0.15, 0.2) is 54.6 Å². The molecule has 0 unspecified atom stereocenters. The van der Waals surface area contributed by atoms with E-state index < -0.39 is 0 Å². The topological polar surface area (TPSA) is 25.8 Å². The highest BCUT2D eigenvalue weighted by atomic mass is 35.5. The lowest BCUT2D eigenvalue weighted by Gasteiger charge is -2.05. The third-order valence-corrected chi connectivity index (χ3v) is 2.71. The molecule has 0 aliphatic heterocycles. The summed E-state index contributed by atoms with van der Waals surface area (Å²) in [4.78, 5) is 8.45. The minimum atomic E-state index is 0.201. The first-order valence-electron chi connectivity index (χ1n) is 5.74. The highest BCUT2D eigenvalue weighted by Crippen LogP contribution is 2.26. The Kier molecular flexibility index (Phi) is 2.23. The molecule has 0 amide bonds. The number of halogens is 1. The lowest BCUT2D eigenvalue weighted by atomic mass is 10.1. The fraction of sp³-hybridized carbons (Fsp3) is 0. The van der Waals surface area contributed by atoms with Crippen LogP contribution in [-0.2, 0) is 0 Å². The zero-order valence-corrected chi connectivity index (χ0v) is 9.65. The number of hydrogen-bond donors (Lipinski definition) is 0. The van der Waals surface area contributed by atoms with E-state index in [-0.39, 0.29) is 5.28 Å². The van der Waals surface area contributed by atoms with E-state index in [2.05, 4.69) is 9.97 Å². The lowest BCUT2D eigenvalue weighted by Crippen LogP contribution is -1.90. The summed E-state index contributed by atoms with van der Waals surface area (Å²) >= 11 is 5.94. The summed E-state index contributed by atoms with van der Waals surface area (Å²) in [5, 5.41) is 1.11. The molecular formula is C14H9ClN2. The summed E-state index contributed by atoms with van der Waals surface area (Å²) in [5.74, 6) is 0. The highest BCUT2D eigenvalue weighted by Gasteiger charge is 2.07. The van der Waals surface area contributed by atoms with Crippen LogP contribution in [0.1, 0.15) is 1.37 Å². The first-order chi connectivity index (χ1) is 8.75. The van der Waals surface area contributed by atoms with Gasteiger partial charge in [-0.15, -0.1) is 0 Å². The van der Waals surface area contributed by atoms with Crippen molar-refractivity contribution in [1.29, 1.82) is 0 Å². The van der Waals surface area contributed by atoms with Gasteiger partial charge in [0.25, 0.3) is 0 Å². The molecule has 0 aliphatic carbocycles. The smallest absolute Gasteiger partial charge is 0.218 e. The van der Waals surface area contributed by atoms with E-state index in [0.29, 0.717) is 11.7 Å². The van der Waals surface area contributed by atoms with Crippen LogP contribution in [0.4, 0.5) is 0 Å². The van der Waals surface area contributed by atoms with Gasteiger partial charge in [-0.2, -0.15) is 0 Å². The maximum Gasteiger partial charge on any atom is 0.223 e. The number of aromatic nitrogens is 2. The minimum absolute atomic E-state index is 0.201. The summed E-state index contributed by atoms with van der Waals surface area (Å²) in [6.07, 6.45) is 0. The van der Waals surface area contributed by atoms with Gasteiger partial charge in [0.15, 0.2) is 0 Å². The Morgan fingerprint density at radius 1 is 0.941 bits per heavy atom. The third kappa shape index (κ3) is 1.87. The molecule has 3 heteroatoms. The minimum Gasteiger partial charge on any atom is -0.218 e. The maximum absolute atomic E-state index is 7.95. The molecule has 17 heavy (non-hydrogen) atoms. The number of hydrogen-bond acceptors (Lipinski definition) is 2. The van der Waals surface area contributed by atoms with Gasteiger partial charge in [0.1, 0.15) is 0 Å². The summed E-state index contributed by atoms with van der Waals surface area (Å²) in [6, 6.07) is 15.4. The largest absolute Gasteiger partial charge is 0.223 e. The molecule has 1 heterocycles. The molecule has 2 aromatic carbocycles. The average Bonchev–Trinajstić information content (AvgIpc) is 2.38. The van der Waals surface area contributed by atoms with Crippen molar-refractivity contribution in [2.24, 2.45) is 0 Å². The van der Waals surface area contributed by atoms with Crippen molar-refractivity contribution >= 4 is 22.5 Å². The summed E-state index contributed by atoms with van der Waals surface area (Å²) in [5.41, 5.74) is 2.25. The van der Waals surface area contributed by atoms with E-state index in [1.807, 2.05) is 42.5 Å². The number of rotatable bonds is 1. The van der Waals surface area contributed by atoms with Gasteiger partial charge in [-0.3, -0.25) is 0 Å². The van der Waals surface area contributed by atoms with Gasteiger partial charge in [-0.1, -0.05) is 48.5 Å². The van der Waals surface area contributed by atoms with Crippen LogP contribution in [0.2, 0.25) is 5.28 Å². The molecule has 0 spiro atoms. The fourth-order valence-corrected chi connectivity index (χ4v) is 1.97. The van der Waals surface area contributed by atoms with E-state index in [0.717, 1.165) is 16.5 Å². The van der Waals surface area contributed by atoms with Crippen LogP contribution in [-0.4, -0.2) is 9.97 Å². The van der Waals surface area contributed by atoms with Crippen LogP contribution in [0.5, 0.6) is 0 Å². The van der Waals surface area contributed by atoms with Gasteiger partial charge in [-0.05, 0) is 17.7 Å². The van der Waals surface area contributed by atoms with Crippen LogP contribution >= 0.6 is 11.6 Å². The molecule has 2 nitrogen and oxygen atoms in total. The van der Waals surface area contributed by atoms with Gasteiger partial charge in [0, 0.05) is 10.9 Å². The standard InChI is InChI=1S/C14H9ClN2/c15-14-16-12-9-5-4-8-11(12)13(17-14)10-6-2-1-3-7-10/h1-9H/i6D. The predicted molar refractivity (Wildman–Crippen MR) is 70.0 cm³/mol. The zero-order valence-electron chi connectivity index (χ0n) is 9.89. The molecular weight excluding hydrogens is 232 g/mol. The zero-order chi connectivity index (χ0) is 12.5.